The van der Waals surface area contributed by atoms with Crippen LogP contribution in [-0.4, -0.2) is 41.1 Å². The Kier molecular flexibility index (Phi) is 3.80. The van der Waals surface area contributed by atoms with Crippen LogP contribution in [0.5, 0.6) is 0 Å². The Morgan fingerprint density at radius 3 is 2.67 bits per heavy atom. The molecule has 1 aromatic carbocycles. The highest BCUT2D eigenvalue weighted by atomic mass is 79.9. The van der Waals surface area contributed by atoms with E-state index in [0.29, 0.717) is 18.8 Å². The van der Waals surface area contributed by atoms with E-state index in [1.807, 2.05) is 43.9 Å². The van der Waals surface area contributed by atoms with Crippen LogP contribution in [0.25, 0.3) is 10.9 Å². The topological polar surface area (TPSA) is 45.3 Å². The minimum absolute atomic E-state index is 0.0572. The first-order valence-electron chi connectivity index (χ1n) is 7.18. The number of carbonyl (C=O) groups is 1. The molecule has 1 aliphatic heterocycles. The minimum atomic E-state index is 0.0572. The van der Waals surface area contributed by atoms with E-state index in [1.165, 1.54) is 0 Å². The van der Waals surface area contributed by atoms with Crippen LogP contribution < -0.4 is 0 Å². The van der Waals surface area contributed by atoms with Crippen LogP contribution in [0.15, 0.2) is 22.7 Å². The second-order valence-corrected chi connectivity index (χ2v) is 6.70. The highest BCUT2D eigenvalue weighted by Gasteiger charge is 2.28. The molecule has 0 radical (unpaired) electrons. The average molecular weight is 351 g/mol. The van der Waals surface area contributed by atoms with E-state index in [4.69, 9.17) is 4.74 Å². The van der Waals surface area contributed by atoms with E-state index in [0.717, 1.165) is 20.9 Å². The van der Waals surface area contributed by atoms with Crippen molar-refractivity contribution >= 4 is 32.7 Å². The fourth-order valence-corrected chi connectivity index (χ4v) is 3.38. The molecule has 2 aromatic rings. The van der Waals surface area contributed by atoms with Gasteiger partial charge in [-0.2, -0.15) is 0 Å². The number of amides is 1. The first-order chi connectivity index (χ1) is 9.95. The molecule has 3 rings (SSSR count). The first-order valence-corrected chi connectivity index (χ1v) is 7.97. The van der Waals surface area contributed by atoms with Gasteiger partial charge in [-0.05, 0) is 44.5 Å². The molecule has 0 unspecified atom stereocenters. The third-order valence-electron chi connectivity index (χ3n) is 3.94. The molecular formula is C16H19BrN2O2. The van der Waals surface area contributed by atoms with Crippen LogP contribution in [0.1, 0.15) is 29.9 Å². The molecule has 0 spiro atoms. The van der Waals surface area contributed by atoms with Crippen molar-refractivity contribution in [3.8, 4) is 0 Å². The van der Waals surface area contributed by atoms with Gasteiger partial charge in [-0.3, -0.25) is 4.79 Å². The molecule has 4 nitrogen and oxygen atoms in total. The van der Waals surface area contributed by atoms with E-state index >= 15 is 0 Å². The number of hydrogen-bond donors (Lipinski definition) is 1. The summed E-state index contributed by atoms with van der Waals surface area (Å²) in [5, 5.41) is 1.09. The van der Waals surface area contributed by atoms with Crippen LogP contribution in [-0.2, 0) is 4.74 Å². The Balaban J connectivity index is 1.96. The lowest BCUT2D eigenvalue weighted by atomic mass is 10.1. The van der Waals surface area contributed by atoms with Gasteiger partial charge in [0.15, 0.2) is 0 Å². The van der Waals surface area contributed by atoms with Gasteiger partial charge in [-0.25, -0.2) is 0 Å². The molecule has 112 valence electrons. The monoisotopic (exact) mass is 350 g/mol. The molecule has 1 N–H and O–H groups in total. The quantitative estimate of drug-likeness (QED) is 0.855. The summed E-state index contributed by atoms with van der Waals surface area (Å²) in [4.78, 5) is 17.9. The number of fused-ring (bicyclic) bond motifs is 1. The number of nitrogens with one attached hydrogen (secondary N) is 1. The maximum Gasteiger partial charge on any atom is 0.270 e. The number of hydrogen-bond acceptors (Lipinski definition) is 2. The molecule has 21 heavy (non-hydrogen) atoms. The summed E-state index contributed by atoms with van der Waals surface area (Å²) in [5.74, 6) is 0.0572. The number of morpholine rings is 1. The van der Waals surface area contributed by atoms with Gasteiger partial charge in [0.05, 0.1) is 12.2 Å². The number of H-pyrrole nitrogens is 1. The molecule has 1 aliphatic rings. The SMILES string of the molecule is Cc1c(C(=O)N2C[C@@H](C)O[C@@H](C)C2)[nH]c2ccc(Br)cc12. The normalized spacial score (nSPS) is 22.8. The van der Waals surface area contributed by atoms with Crippen molar-refractivity contribution in [2.75, 3.05) is 13.1 Å². The van der Waals surface area contributed by atoms with Crippen LogP contribution in [0, 0.1) is 6.92 Å². The second-order valence-electron chi connectivity index (χ2n) is 5.78. The molecule has 2 atom stereocenters. The van der Waals surface area contributed by atoms with Gasteiger partial charge in [0.1, 0.15) is 5.69 Å². The molecule has 2 heterocycles. The number of aromatic nitrogens is 1. The predicted octanol–water partition coefficient (Wildman–Crippen LogP) is 3.49. The van der Waals surface area contributed by atoms with Crippen molar-refractivity contribution in [1.29, 1.82) is 0 Å². The summed E-state index contributed by atoms with van der Waals surface area (Å²) in [6.07, 6.45) is 0.160. The summed E-state index contributed by atoms with van der Waals surface area (Å²) < 4.78 is 6.72. The van der Waals surface area contributed by atoms with Crippen molar-refractivity contribution < 1.29 is 9.53 Å². The number of aryl methyl sites for hydroxylation is 1. The highest BCUT2D eigenvalue weighted by Crippen LogP contribution is 2.26. The lowest BCUT2D eigenvalue weighted by Gasteiger charge is -2.35. The van der Waals surface area contributed by atoms with Crippen molar-refractivity contribution in [2.45, 2.75) is 33.0 Å². The summed E-state index contributed by atoms with van der Waals surface area (Å²) in [6, 6.07) is 6.02. The van der Waals surface area contributed by atoms with E-state index in [2.05, 4.69) is 20.9 Å². The molecular weight excluding hydrogens is 332 g/mol. The minimum Gasteiger partial charge on any atom is -0.372 e. The Morgan fingerprint density at radius 2 is 2.00 bits per heavy atom. The number of carbonyl (C=O) groups excluding carboxylic acids is 1. The summed E-state index contributed by atoms with van der Waals surface area (Å²) in [6.45, 7) is 7.28. The van der Waals surface area contributed by atoms with Gasteiger partial charge in [0.2, 0.25) is 0 Å². The number of nitrogens with zero attached hydrogens (tertiary/aromatic N) is 1. The number of benzene rings is 1. The van der Waals surface area contributed by atoms with Crippen molar-refractivity contribution in [3.63, 3.8) is 0 Å². The van der Waals surface area contributed by atoms with E-state index < -0.39 is 0 Å². The van der Waals surface area contributed by atoms with Crippen molar-refractivity contribution in [2.24, 2.45) is 0 Å². The highest BCUT2D eigenvalue weighted by molar-refractivity contribution is 9.10. The smallest absolute Gasteiger partial charge is 0.270 e. The van der Waals surface area contributed by atoms with E-state index in [-0.39, 0.29) is 18.1 Å². The van der Waals surface area contributed by atoms with Crippen LogP contribution in [0.2, 0.25) is 0 Å². The molecule has 1 fully saturated rings. The fourth-order valence-electron chi connectivity index (χ4n) is 3.01. The summed E-state index contributed by atoms with van der Waals surface area (Å²) in [5.41, 5.74) is 2.68. The van der Waals surface area contributed by atoms with E-state index in [9.17, 15) is 4.79 Å². The zero-order valence-corrected chi connectivity index (χ0v) is 14.0. The van der Waals surface area contributed by atoms with Crippen LogP contribution in [0.4, 0.5) is 0 Å². The standard InChI is InChI=1S/C16H19BrN2O2/c1-9-7-19(8-10(2)21-9)16(20)15-11(3)13-6-12(17)4-5-14(13)18-15/h4-6,9-10,18H,7-8H2,1-3H3/t9-,10+. The number of aromatic amines is 1. The Morgan fingerprint density at radius 1 is 1.33 bits per heavy atom. The van der Waals surface area contributed by atoms with Crippen LogP contribution >= 0.6 is 15.9 Å². The fraction of sp³-hybridized carbons (Fsp3) is 0.438. The van der Waals surface area contributed by atoms with Gasteiger partial charge < -0.3 is 14.6 Å². The molecule has 1 amide bonds. The Hall–Kier alpha value is -1.33. The molecule has 1 saturated heterocycles. The maximum absolute atomic E-state index is 12.8. The van der Waals surface area contributed by atoms with Crippen molar-refractivity contribution in [3.05, 3.63) is 33.9 Å². The van der Waals surface area contributed by atoms with Gasteiger partial charge in [0, 0.05) is 28.5 Å². The summed E-state index contributed by atoms with van der Waals surface area (Å²) in [7, 11) is 0. The molecule has 1 aromatic heterocycles. The second kappa shape index (κ2) is 5.46. The third-order valence-corrected chi connectivity index (χ3v) is 4.43. The largest absolute Gasteiger partial charge is 0.372 e. The molecule has 0 saturated carbocycles. The predicted molar refractivity (Wildman–Crippen MR) is 86.6 cm³/mol. The Labute approximate surface area is 132 Å². The lowest BCUT2D eigenvalue weighted by molar-refractivity contribution is -0.0587. The number of rotatable bonds is 1. The van der Waals surface area contributed by atoms with Gasteiger partial charge in [-0.1, -0.05) is 15.9 Å². The Bertz CT molecular complexity index is 685. The maximum atomic E-state index is 12.8. The van der Waals surface area contributed by atoms with Crippen LogP contribution in [0.3, 0.4) is 0 Å². The zero-order valence-electron chi connectivity index (χ0n) is 12.4. The molecule has 0 bridgehead atoms. The number of ether oxygens (including phenoxy) is 1. The van der Waals surface area contributed by atoms with Gasteiger partial charge >= 0.3 is 0 Å². The first kappa shape index (κ1) is 14.6. The van der Waals surface area contributed by atoms with Crippen molar-refractivity contribution in [1.82, 2.24) is 9.88 Å². The van der Waals surface area contributed by atoms with E-state index in [1.54, 1.807) is 0 Å². The van der Waals surface area contributed by atoms with Gasteiger partial charge in [-0.15, -0.1) is 0 Å². The average Bonchev–Trinajstić information content (AvgIpc) is 2.74. The molecule has 0 aliphatic carbocycles. The summed E-state index contributed by atoms with van der Waals surface area (Å²) >= 11 is 3.48. The molecule has 5 heteroatoms. The van der Waals surface area contributed by atoms with Gasteiger partial charge in [0.25, 0.3) is 5.91 Å². The lowest BCUT2D eigenvalue weighted by Crippen LogP contribution is -2.48. The zero-order chi connectivity index (χ0) is 15.1. The number of halogens is 1. The third kappa shape index (κ3) is 2.72.